The van der Waals surface area contributed by atoms with Crippen molar-refractivity contribution in [1.82, 2.24) is 14.7 Å². The molecule has 0 aromatic heterocycles. The van der Waals surface area contributed by atoms with Crippen LogP contribution in [-0.4, -0.2) is 54.0 Å². The minimum absolute atomic E-state index is 0. The Hall–Kier alpha value is -2.66. The number of carbonyl (C=O) groups excluding carboxylic acids is 1. The fourth-order valence-corrected chi connectivity index (χ4v) is 6.66. The molecule has 0 aliphatic carbocycles. The predicted octanol–water partition coefficient (Wildman–Crippen LogP) is 9.49. The Morgan fingerprint density at radius 1 is 0.844 bits per heavy atom. The van der Waals surface area contributed by atoms with Crippen molar-refractivity contribution in [3.63, 3.8) is 0 Å². The van der Waals surface area contributed by atoms with Crippen LogP contribution in [0.2, 0.25) is 10.0 Å². The summed E-state index contributed by atoms with van der Waals surface area (Å²) in [5.74, 6) is 0.455. The standard InChI is InChI=1S/C32H31Cl2F6N3O.ClH/c1-41-29(44)43(19-21-15-25(31(35,36)37)17-26(16-21)32(38,39)40)20-30(41,24-7-8-27(33)28(34)18-24)11-14-42-12-9-23(10-13-42)22-5-3-2-4-6-22;/h2-8,15-18,23H,9-14,19-20H2,1H3;1H. The first kappa shape index (κ1) is 35.2. The van der Waals surface area contributed by atoms with Gasteiger partial charge in [-0.15, -0.1) is 12.4 Å². The zero-order chi connectivity index (χ0) is 31.9. The predicted molar refractivity (Wildman–Crippen MR) is 165 cm³/mol. The van der Waals surface area contributed by atoms with E-state index in [0.29, 0.717) is 41.6 Å². The molecule has 1 unspecified atom stereocenters. The van der Waals surface area contributed by atoms with Crippen LogP contribution >= 0.6 is 35.6 Å². The van der Waals surface area contributed by atoms with E-state index in [0.717, 1.165) is 25.9 Å². The maximum atomic E-state index is 13.6. The quantitative estimate of drug-likeness (QED) is 0.231. The summed E-state index contributed by atoms with van der Waals surface area (Å²) in [5, 5.41) is 0.597. The maximum absolute atomic E-state index is 13.6. The van der Waals surface area contributed by atoms with Gasteiger partial charge in [0.25, 0.3) is 0 Å². The lowest BCUT2D eigenvalue weighted by Gasteiger charge is -2.39. The number of halogens is 9. The minimum atomic E-state index is -4.99. The van der Waals surface area contributed by atoms with Crippen molar-refractivity contribution in [2.45, 2.75) is 49.6 Å². The van der Waals surface area contributed by atoms with Crippen LogP contribution in [0.3, 0.4) is 0 Å². The number of likely N-dealkylation sites (N-methyl/N-ethyl adjacent to an activating group) is 1. The third-order valence-electron chi connectivity index (χ3n) is 8.83. The number of piperidine rings is 1. The lowest BCUT2D eigenvalue weighted by molar-refractivity contribution is -0.143. The number of nitrogens with zero attached hydrogens (tertiary/aromatic N) is 3. The third kappa shape index (κ3) is 7.67. The highest BCUT2D eigenvalue weighted by molar-refractivity contribution is 6.42. The number of alkyl halides is 6. The third-order valence-corrected chi connectivity index (χ3v) is 9.57. The molecule has 1 atom stereocenters. The molecule has 2 aliphatic heterocycles. The van der Waals surface area contributed by atoms with Crippen LogP contribution in [0.1, 0.15) is 53.0 Å². The molecule has 2 amide bonds. The molecule has 2 heterocycles. The number of rotatable bonds is 7. The number of amides is 2. The first-order valence-electron chi connectivity index (χ1n) is 14.2. The Balaban J connectivity index is 0.00000461. The van der Waals surface area contributed by atoms with Gasteiger partial charge >= 0.3 is 18.4 Å². The van der Waals surface area contributed by atoms with E-state index >= 15 is 0 Å². The number of benzene rings is 3. The summed E-state index contributed by atoms with van der Waals surface area (Å²) < 4.78 is 81.1. The first-order chi connectivity index (χ1) is 20.7. The average molecular weight is 695 g/mol. The number of carbonyl (C=O) groups is 1. The fourth-order valence-electron chi connectivity index (χ4n) is 6.36. The van der Waals surface area contributed by atoms with Crippen molar-refractivity contribution < 1.29 is 31.1 Å². The van der Waals surface area contributed by atoms with Gasteiger partial charge in [0.15, 0.2) is 0 Å². The fraction of sp³-hybridized carbons (Fsp3) is 0.406. The van der Waals surface area contributed by atoms with Gasteiger partial charge in [0, 0.05) is 20.1 Å². The first-order valence-corrected chi connectivity index (χ1v) is 15.0. The molecule has 2 fully saturated rings. The van der Waals surface area contributed by atoms with Gasteiger partial charge in [0.1, 0.15) is 0 Å². The largest absolute Gasteiger partial charge is 0.416 e. The van der Waals surface area contributed by atoms with Crippen LogP contribution in [0.4, 0.5) is 31.1 Å². The summed E-state index contributed by atoms with van der Waals surface area (Å²) in [6, 6.07) is 16.3. The van der Waals surface area contributed by atoms with Crippen LogP contribution in [-0.2, 0) is 24.4 Å². The zero-order valence-corrected chi connectivity index (χ0v) is 26.6. The highest BCUT2D eigenvalue weighted by Gasteiger charge is 2.49. The molecular formula is C32H32Cl3F6N3O. The van der Waals surface area contributed by atoms with Crippen molar-refractivity contribution in [3.8, 4) is 0 Å². The SMILES string of the molecule is CN1C(=O)N(Cc2cc(C(F)(F)F)cc(C(F)(F)F)c2)CC1(CCN1CCC(c2ccccc2)CC1)c1ccc(Cl)c(Cl)c1.Cl. The summed E-state index contributed by atoms with van der Waals surface area (Å²) in [7, 11) is 1.60. The number of urea groups is 1. The molecule has 3 aromatic rings. The second kappa shape index (κ2) is 13.6. The smallest absolute Gasteiger partial charge is 0.318 e. The normalized spacial score (nSPS) is 20.1. The molecule has 4 nitrogen and oxygen atoms in total. The van der Waals surface area contributed by atoms with Crippen LogP contribution in [0, 0.1) is 0 Å². The minimum Gasteiger partial charge on any atom is -0.318 e. The molecule has 5 rings (SSSR count). The summed E-state index contributed by atoms with van der Waals surface area (Å²) in [6.07, 6.45) is -7.56. The summed E-state index contributed by atoms with van der Waals surface area (Å²) in [6.45, 7) is 1.93. The molecule has 244 valence electrons. The van der Waals surface area contributed by atoms with Gasteiger partial charge in [-0.05, 0) is 85.3 Å². The molecule has 0 spiro atoms. The van der Waals surface area contributed by atoms with Crippen molar-refractivity contribution >= 4 is 41.6 Å². The van der Waals surface area contributed by atoms with E-state index in [-0.39, 0.29) is 35.6 Å². The van der Waals surface area contributed by atoms with Crippen molar-refractivity contribution in [2.24, 2.45) is 0 Å². The van der Waals surface area contributed by atoms with Crippen LogP contribution < -0.4 is 0 Å². The van der Waals surface area contributed by atoms with Gasteiger partial charge in [0.05, 0.1) is 33.3 Å². The molecule has 2 aliphatic rings. The molecule has 0 radical (unpaired) electrons. The highest BCUT2D eigenvalue weighted by atomic mass is 35.5. The number of hydrogen-bond acceptors (Lipinski definition) is 2. The van der Waals surface area contributed by atoms with E-state index < -0.39 is 41.6 Å². The zero-order valence-electron chi connectivity index (χ0n) is 24.3. The van der Waals surface area contributed by atoms with Crippen molar-refractivity contribution in [2.75, 3.05) is 33.2 Å². The van der Waals surface area contributed by atoms with Gasteiger partial charge < -0.3 is 14.7 Å². The summed E-state index contributed by atoms with van der Waals surface area (Å²) >= 11 is 12.6. The second-order valence-corrected chi connectivity index (χ2v) is 12.4. The van der Waals surface area contributed by atoms with E-state index in [9.17, 15) is 31.1 Å². The summed E-state index contributed by atoms with van der Waals surface area (Å²) in [5.41, 5.74) is -2.06. The van der Waals surface area contributed by atoms with E-state index in [1.54, 1.807) is 25.2 Å². The molecule has 0 N–H and O–H groups in total. The van der Waals surface area contributed by atoms with Crippen LogP contribution in [0.25, 0.3) is 0 Å². The van der Waals surface area contributed by atoms with Crippen LogP contribution in [0.5, 0.6) is 0 Å². The molecule has 0 saturated carbocycles. The van der Waals surface area contributed by atoms with Gasteiger partial charge in [-0.3, -0.25) is 0 Å². The van der Waals surface area contributed by atoms with E-state index in [2.05, 4.69) is 17.0 Å². The van der Waals surface area contributed by atoms with E-state index in [4.69, 9.17) is 23.2 Å². The monoisotopic (exact) mass is 693 g/mol. The second-order valence-electron chi connectivity index (χ2n) is 11.5. The van der Waals surface area contributed by atoms with Gasteiger partial charge in [0.2, 0.25) is 0 Å². The highest BCUT2D eigenvalue weighted by Crippen LogP contribution is 2.42. The molecule has 2 saturated heterocycles. The lowest BCUT2D eigenvalue weighted by Crippen LogP contribution is -2.45. The Bertz CT molecular complexity index is 1460. The van der Waals surface area contributed by atoms with E-state index in [1.165, 1.54) is 15.4 Å². The lowest BCUT2D eigenvalue weighted by atomic mass is 9.84. The number of likely N-dealkylation sites (tertiary alicyclic amines) is 1. The topological polar surface area (TPSA) is 26.8 Å². The Morgan fingerprint density at radius 3 is 2.00 bits per heavy atom. The van der Waals surface area contributed by atoms with Crippen LogP contribution in [0.15, 0.2) is 66.7 Å². The molecule has 0 bridgehead atoms. The Morgan fingerprint density at radius 2 is 1.44 bits per heavy atom. The van der Waals surface area contributed by atoms with Crippen molar-refractivity contribution in [1.29, 1.82) is 0 Å². The summed E-state index contributed by atoms with van der Waals surface area (Å²) in [4.78, 5) is 18.7. The molecule has 45 heavy (non-hydrogen) atoms. The molecule has 13 heteroatoms. The van der Waals surface area contributed by atoms with Gasteiger partial charge in [-0.2, -0.15) is 26.3 Å². The Kier molecular flexibility index (Phi) is 10.6. The van der Waals surface area contributed by atoms with Gasteiger partial charge in [-0.1, -0.05) is 59.6 Å². The van der Waals surface area contributed by atoms with Gasteiger partial charge in [-0.25, -0.2) is 4.79 Å². The average Bonchev–Trinajstić information content (AvgIpc) is 3.22. The Labute approximate surface area is 274 Å². The maximum Gasteiger partial charge on any atom is 0.416 e. The molecular weight excluding hydrogens is 663 g/mol. The molecule has 3 aromatic carbocycles. The number of hydrogen-bond donors (Lipinski definition) is 0. The van der Waals surface area contributed by atoms with Crippen molar-refractivity contribution in [3.05, 3.63) is 105 Å². The van der Waals surface area contributed by atoms with E-state index in [1.807, 2.05) is 18.2 Å².